The van der Waals surface area contributed by atoms with Crippen molar-refractivity contribution in [2.24, 2.45) is 0 Å². The van der Waals surface area contributed by atoms with E-state index in [0.29, 0.717) is 0 Å². The fraction of sp³-hybridized carbons (Fsp3) is 0.200. The van der Waals surface area contributed by atoms with E-state index < -0.39 is 0 Å². The quantitative estimate of drug-likeness (QED) is 0.638. The summed E-state index contributed by atoms with van der Waals surface area (Å²) in [6.07, 6.45) is 0. The third-order valence-electron chi connectivity index (χ3n) is 2.86. The molecule has 2 aromatic carbocycles. The van der Waals surface area contributed by atoms with Crippen molar-refractivity contribution < 1.29 is 0 Å². The minimum Gasteiger partial charge on any atom is -0.0614 e. The maximum absolute atomic E-state index is 2.25. The minimum atomic E-state index is 1.30. The average Bonchev–Trinajstić information content (AvgIpc) is 2.22. The lowest BCUT2D eigenvalue weighted by atomic mass is 9.99. The molecule has 0 radical (unpaired) electrons. The third-order valence-corrected chi connectivity index (χ3v) is 2.86. The van der Waals surface area contributed by atoms with Gasteiger partial charge >= 0.3 is 0 Å². The summed E-state index contributed by atoms with van der Waals surface area (Å²) in [5.74, 6) is 0. The highest BCUT2D eigenvalue weighted by molar-refractivity contribution is 5.65. The Morgan fingerprint density at radius 3 is 2.07 bits per heavy atom. The maximum atomic E-state index is 2.25. The Labute approximate surface area is 91.6 Å². The zero-order valence-corrected chi connectivity index (χ0v) is 9.54. The van der Waals surface area contributed by atoms with Crippen LogP contribution in [-0.4, -0.2) is 0 Å². The summed E-state index contributed by atoms with van der Waals surface area (Å²) in [5.41, 5.74) is 6.63. The highest BCUT2D eigenvalue weighted by atomic mass is 14.0. The second-order valence-corrected chi connectivity index (χ2v) is 4.17. The molecule has 0 N–H and O–H groups in total. The van der Waals surface area contributed by atoms with Gasteiger partial charge in [0, 0.05) is 0 Å². The molecular weight excluding hydrogens is 180 g/mol. The van der Waals surface area contributed by atoms with Gasteiger partial charge in [0.1, 0.15) is 0 Å². The molecule has 0 spiro atoms. The highest BCUT2D eigenvalue weighted by Crippen LogP contribution is 2.22. The van der Waals surface area contributed by atoms with Crippen LogP contribution in [0.25, 0.3) is 11.1 Å². The zero-order valence-electron chi connectivity index (χ0n) is 9.54. The Morgan fingerprint density at radius 1 is 0.667 bits per heavy atom. The Morgan fingerprint density at radius 2 is 1.40 bits per heavy atom. The van der Waals surface area contributed by atoms with Crippen LogP contribution < -0.4 is 0 Å². The van der Waals surface area contributed by atoms with Gasteiger partial charge in [0.25, 0.3) is 0 Å². The molecule has 0 saturated carbocycles. The van der Waals surface area contributed by atoms with Gasteiger partial charge in [-0.3, -0.25) is 0 Å². The van der Waals surface area contributed by atoms with Crippen molar-refractivity contribution in [2.75, 3.05) is 0 Å². The molecule has 0 heterocycles. The predicted molar refractivity (Wildman–Crippen MR) is 66.1 cm³/mol. The van der Waals surface area contributed by atoms with Crippen molar-refractivity contribution in [3.8, 4) is 11.1 Å². The van der Waals surface area contributed by atoms with E-state index in [9.17, 15) is 0 Å². The largest absolute Gasteiger partial charge is 0.0614 e. The molecule has 0 aromatic heterocycles. The molecule has 0 unspecified atom stereocenters. The summed E-state index contributed by atoms with van der Waals surface area (Å²) < 4.78 is 0. The maximum Gasteiger partial charge on any atom is -0.0181 e. The van der Waals surface area contributed by atoms with Gasteiger partial charge in [-0.25, -0.2) is 0 Å². The summed E-state index contributed by atoms with van der Waals surface area (Å²) >= 11 is 0. The molecule has 0 aliphatic heterocycles. The van der Waals surface area contributed by atoms with Gasteiger partial charge in [0.05, 0.1) is 0 Å². The molecule has 0 bridgehead atoms. The van der Waals surface area contributed by atoms with E-state index in [4.69, 9.17) is 0 Å². The van der Waals surface area contributed by atoms with Gasteiger partial charge in [-0.15, -0.1) is 0 Å². The van der Waals surface area contributed by atoms with Crippen LogP contribution >= 0.6 is 0 Å². The number of hydrogen-bond donors (Lipinski definition) is 0. The van der Waals surface area contributed by atoms with Crippen LogP contribution in [0.2, 0.25) is 0 Å². The Kier molecular flexibility index (Phi) is 2.59. The molecule has 15 heavy (non-hydrogen) atoms. The summed E-state index contributed by atoms with van der Waals surface area (Å²) in [7, 11) is 0. The first-order chi connectivity index (χ1) is 7.16. The summed E-state index contributed by atoms with van der Waals surface area (Å²) in [4.78, 5) is 0. The predicted octanol–water partition coefficient (Wildman–Crippen LogP) is 4.28. The molecule has 0 aliphatic rings. The lowest BCUT2D eigenvalue weighted by molar-refractivity contribution is 1.34. The van der Waals surface area contributed by atoms with Gasteiger partial charge < -0.3 is 0 Å². The van der Waals surface area contributed by atoms with Gasteiger partial charge in [-0.2, -0.15) is 0 Å². The van der Waals surface area contributed by atoms with Crippen LogP contribution in [0.3, 0.4) is 0 Å². The van der Waals surface area contributed by atoms with E-state index in [2.05, 4.69) is 63.2 Å². The normalized spacial score (nSPS) is 10.3. The van der Waals surface area contributed by atoms with Gasteiger partial charge in [0.2, 0.25) is 0 Å². The first kappa shape index (κ1) is 9.97. The molecule has 0 heteroatoms. The SMILES string of the molecule is Cc1cccc(-c2ccc(C)c(C)c2)c1. The fourth-order valence-electron chi connectivity index (χ4n) is 1.75. The average molecular weight is 196 g/mol. The van der Waals surface area contributed by atoms with E-state index in [1.807, 2.05) is 0 Å². The molecule has 0 amide bonds. The minimum absolute atomic E-state index is 1.30. The van der Waals surface area contributed by atoms with Gasteiger partial charge in [-0.05, 0) is 43.0 Å². The first-order valence-electron chi connectivity index (χ1n) is 5.31. The summed E-state index contributed by atoms with van der Waals surface area (Å²) in [6.45, 7) is 6.44. The second kappa shape index (κ2) is 3.90. The van der Waals surface area contributed by atoms with Crippen molar-refractivity contribution >= 4 is 0 Å². The van der Waals surface area contributed by atoms with Crippen molar-refractivity contribution in [1.82, 2.24) is 0 Å². The van der Waals surface area contributed by atoms with E-state index in [1.54, 1.807) is 0 Å². The molecule has 2 rings (SSSR count). The molecule has 0 fully saturated rings. The van der Waals surface area contributed by atoms with Crippen molar-refractivity contribution in [3.63, 3.8) is 0 Å². The van der Waals surface area contributed by atoms with Crippen LogP contribution in [-0.2, 0) is 0 Å². The first-order valence-corrected chi connectivity index (χ1v) is 5.31. The fourth-order valence-corrected chi connectivity index (χ4v) is 1.75. The number of benzene rings is 2. The van der Waals surface area contributed by atoms with Crippen LogP contribution in [0.15, 0.2) is 42.5 Å². The molecule has 0 saturated heterocycles. The van der Waals surface area contributed by atoms with Crippen LogP contribution in [0.4, 0.5) is 0 Å². The Hall–Kier alpha value is -1.56. The van der Waals surface area contributed by atoms with Gasteiger partial charge in [0.15, 0.2) is 0 Å². The molecule has 0 nitrogen and oxygen atoms in total. The molecule has 2 aromatic rings. The molecule has 76 valence electrons. The monoisotopic (exact) mass is 196 g/mol. The van der Waals surface area contributed by atoms with Crippen LogP contribution in [0.1, 0.15) is 16.7 Å². The number of rotatable bonds is 1. The molecule has 0 atom stereocenters. The summed E-state index contributed by atoms with van der Waals surface area (Å²) in [6, 6.07) is 15.3. The van der Waals surface area contributed by atoms with Crippen LogP contribution in [0.5, 0.6) is 0 Å². The highest BCUT2D eigenvalue weighted by Gasteiger charge is 1.99. The van der Waals surface area contributed by atoms with Crippen LogP contribution in [0, 0.1) is 20.8 Å². The zero-order chi connectivity index (χ0) is 10.8. The molecule has 0 aliphatic carbocycles. The number of aryl methyl sites for hydroxylation is 3. The lowest BCUT2D eigenvalue weighted by Crippen LogP contribution is -1.84. The Bertz CT molecular complexity index is 481. The van der Waals surface area contributed by atoms with Crippen molar-refractivity contribution in [3.05, 3.63) is 59.2 Å². The van der Waals surface area contributed by atoms with E-state index >= 15 is 0 Å². The van der Waals surface area contributed by atoms with Crippen molar-refractivity contribution in [1.29, 1.82) is 0 Å². The number of hydrogen-bond acceptors (Lipinski definition) is 0. The van der Waals surface area contributed by atoms with E-state index in [1.165, 1.54) is 27.8 Å². The van der Waals surface area contributed by atoms with E-state index in [-0.39, 0.29) is 0 Å². The third kappa shape index (κ3) is 2.10. The topological polar surface area (TPSA) is 0 Å². The Balaban J connectivity index is 2.50. The second-order valence-electron chi connectivity index (χ2n) is 4.17. The molecular formula is C15H16. The van der Waals surface area contributed by atoms with E-state index in [0.717, 1.165) is 0 Å². The van der Waals surface area contributed by atoms with Crippen molar-refractivity contribution in [2.45, 2.75) is 20.8 Å². The van der Waals surface area contributed by atoms with Gasteiger partial charge in [-0.1, -0.05) is 48.0 Å². The lowest BCUT2D eigenvalue weighted by Gasteiger charge is -2.06. The standard InChI is InChI=1S/C15H16/c1-11-5-4-6-14(9-11)15-8-7-12(2)13(3)10-15/h4-10H,1-3H3. The summed E-state index contributed by atoms with van der Waals surface area (Å²) in [5, 5.41) is 0. The smallest absolute Gasteiger partial charge is 0.0181 e.